The Morgan fingerprint density at radius 3 is 2.15 bits per heavy atom. The van der Waals surface area contributed by atoms with E-state index >= 15 is 0 Å². The highest BCUT2D eigenvalue weighted by Crippen LogP contribution is 2.57. The third-order valence-electron chi connectivity index (χ3n) is 6.24. The van der Waals surface area contributed by atoms with E-state index in [9.17, 15) is 10.4 Å². The number of aliphatic hydroxyl groups is 1. The first-order valence-electron chi connectivity index (χ1n) is 8.40. The number of nitriles is 1. The first-order chi connectivity index (χ1) is 9.26. The first kappa shape index (κ1) is 15.8. The number of hydrogen-bond acceptors (Lipinski definition) is 2. The topological polar surface area (TPSA) is 44.0 Å². The van der Waals surface area contributed by atoms with Crippen LogP contribution in [-0.4, -0.2) is 10.7 Å². The second-order valence-corrected chi connectivity index (χ2v) is 8.38. The van der Waals surface area contributed by atoms with Gasteiger partial charge in [-0.05, 0) is 55.8 Å². The van der Waals surface area contributed by atoms with Crippen molar-refractivity contribution < 1.29 is 5.11 Å². The molecule has 2 rings (SSSR count). The Bertz CT molecular complexity index is 383. The maximum absolute atomic E-state index is 11.5. The molecule has 0 aromatic heterocycles. The molecule has 1 N–H and O–H groups in total. The van der Waals surface area contributed by atoms with E-state index in [1.165, 1.54) is 6.42 Å². The van der Waals surface area contributed by atoms with Crippen molar-refractivity contribution in [2.24, 2.45) is 22.7 Å². The molecule has 0 radical (unpaired) electrons. The van der Waals surface area contributed by atoms with E-state index in [0.717, 1.165) is 44.9 Å². The van der Waals surface area contributed by atoms with Gasteiger partial charge in [0.25, 0.3) is 0 Å². The molecule has 0 amide bonds. The molecule has 0 saturated heterocycles. The molecular weight excluding hydrogens is 246 g/mol. The van der Waals surface area contributed by atoms with E-state index < -0.39 is 11.0 Å². The van der Waals surface area contributed by atoms with Gasteiger partial charge in [0.1, 0.15) is 0 Å². The maximum atomic E-state index is 11.5. The number of hydrogen-bond donors (Lipinski definition) is 1. The molecule has 2 fully saturated rings. The Morgan fingerprint density at radius 2 is 1.65 bits per heavy atom. The zero-order chi connectivity index (χ0) is 15.0. The van der Waals surface area contributed by atoms with Crippen LogP contribution in [0.15, 0.2) is 0 Å². The Balaban J connectivity index is 2.31. The van der Waals surface area contributed by atoms with Crippen LogP contribution in [0.5, 0.6) is 0 Å². The highest BCUT2D eigenvalue weighted by Gasteiger charge is 2.57. The third-order valence-corrected chi connectivity index (χ3v) is 6.24. The molecule has 0 spiro atoms. The van der Waals surface area contributed by atoms with Gasteiger partial charge >= 0.3 is 0 Å². The van der Waals surface area contributed by atoms with Crippen molar-refractivity contribution >= 4 is 0 Å². The van der Waals surface area contributed by atoms with Crippen molar-refractivity contribution in [2.45, 2.75) is 84.7 Å². The van der Waals surface area contributed by atoms with Crippen LogP contribution in [0.3, 0.4) is 0 Å². The Labute approximate surface area is 124 Å². The fraction of sp³-hybridized carbons (Fsp3) is 0.944. The molecule has 2 saturated carbocycles. The molecular formula is C18H31NO. The predicted octanol–water partition coefficient (Wildman–Crippen LogP) is 4.67. The molecule has 114 valence electrons. The molecule has 0 aliphatic heterocycles. The molecule has 2 aliphatic rings. The van der Waals surface area contributed by atoms with Crippen molar-refractivity contribution in [1.82, 2.24) is 0 Å². The fourth-order valence-corrected chi connectivity index (χ4v) is 4.66. The van der Waals surface area contributed by atoms with Crippen LogP contribution in [0, 0.1) is 34.0 Å². The van der Waals surface area contributed by atoms with Crippen molar-refractivity contribution in [3.8, 4) is 6.07 Å². The van der Waals surface area contributed by atoms with E-state index in [1.54, 1.807) is 0 Å². The summed E-state index contributed by atoms with van der Waals surface area (Å²) < 4.78 is 0. The van der Waals surface area contributed by atoms with Crippen LogP contribution in [0.1, 0.15) is 79.1 Å². The second-order valence-electron chi connectivity index (χ2n) is 8.38. The standard InChI is InChI=1S/C18H31NO/c1-14(2)15-7-5-6-8-18(15,20)17(13-19)11-9-16(3,4)10-12-17/h14-15,20H,5-12H2,1-4H3. The summed E-state index contributed by atoms with van der Waals surface area (Å²) >= 11 is 0. The van der Waals surface area contributed by atoms with Crippen LogP contribution in [-0.2, 0) is 0 Å². The van der Waals surface area contributed by atoms with Crippen molar-refractivity contribution in [1.29, 1.82) is 5.26 Å². The maximum Gasteiger partial charge on any atom is 0.0863 e. The van der Waals surface area contributed by atoms with Crippen LogP contribution in [0.4, 0.5) is 0 Å². The molecule has 0 heterocycles. The lowest BCUT2D eigenvalue weighted by molar-refractivity contribution is -0.155. The average molecular weight is 277 g/mol. The van der Waals surface area contributed by atoms with Crippen LogP contribution in [0.25, 0.3) is 0 Å². The van der Waals surface area contributed by atoms with E-state index in [1.807, 2.05) is 0 Å². The Morgan fingerprint density at radius 1 is 1.05 bits per heavy atom. The van der Waals surface area contributed by atoms with Crippen LogP contribution in [0.2, 0.25) is 0 Å². The monoisotopic (exact) mass is 277 g/mol. The number of nitrogens with zero attached hydrogens (tertiary/aromatic N) is 1. The normalized spacial score (nSPS) is 36.5. The van der Waals surface area contributed by atoms with E-state index in [2.05, 4.69) is 33.8 Å². The SMILES string of the molecule is CC(C)C1CCCCC1(O)C1(C#N)CCC(C)(C)CC1. The molecule has 2 heteroatoms. The fourth-order valence-electron chi connectivity index (χ4n) is 4.66. The average Bonchev–Trinajstić information content (AvgIpc) is 2.39. The molecule has 2 aliphatic carbocycles. The van der Waals surface area contributed by atoms with Gasteiger partial charge in [0.05, 0.1) is 17.1 Å². The molecule has 2 nitrogen and oxygen atoms in total. The lowest BCUT2D eigenvalue weighted by Gasteiger charge is -2.54. The summed E-state index contributed by atoms with van der Waals surface area (Å²) in [5.41, 5.74) is -0.929. The summed E-state index contributed by atoms with van der Waals surface area (Å²) in [4.78, 5) is 0. The van der Waals surface area contributed by atoms with Gasteiger partial charge in [0, 0.05) is 0 Å². The van der Waals surface area contributed by atoms with Gasteiger partial charge in [-0.15, -0.1) is 0 Å². The quantitative estimate of drug-likeness (QED) is 0.797. The molecule has 0 aromatic rings. The second kappa shape index (κ2) is 5.34. The predicted molar refractivity (Wildman–Crippen MR) is 82.0 cm³/mol. The summed E-state index contributed by atoms with van der Waals surface area (Å²) in [6.07, 6.45) is 8.06. The largest absolute Gasteiger partial charge is 0.388 e. The summed E-state index contributed by atoms with van der Waals surface area (Å²) in [5.74, 6) is 0.748. The smallest absolute Gasteiger partial charge is 0.0863 e. The molecule has 0 aromatic carbocycles. The zero-order valence-electron chi connectivity index (χ0n) is 13.7. The lowest BCUT2D eigenvalue weighted by Crippen LogP contribution is -2.57. The summed E-state index contributed by atoms with van der Waals surface area (Å²) in [7, 11) is 0. The summed E-state index contributed by atoms with van der Waals surface area (Å²) in [6.45, 7) is 9.00. The minimum Gasteiger partial charge on any atom is -0.388 e. The Kier molecular flexibility index (Phi) is 4.22. The van der Waals surface area contributed by atoms with Crippen molar-refractivity contribution in [2.75, 3.05) is 0 Å². The van der Waals surface area contributed by atoms with Crippen LogP contribution < -0.4 is 0 Å². The summed E-state index contributed by atoms with van der Waals surface area (Å²) in [5, 5.41) is 21.4. The molecule has 0 bridgehead atoms. The number of rotatable bonds is 2. The molecule has 2 atom stereocenters. The zero-order valence-corrected chi connectivity index (χ0v) is 13.7. The van der Waals surface area contributed by atoms with Gasteiger partial charge in [-0.1, -0.05) is 40.5 Å². The van der Waals surface area contributed by atoms with Gasteiger partial charge < -0.3 is 5.11 Å². The van der Waals surface area contributed by atoms with Gasteiger partial charge in [0.15, 0.2) is 0 Å². The molecule has 2 unspecified atom stereocenters. The van der Waals surface area contributed by atoms with Crippen molar-refractivity contribution in [3.63, 3.8) is 0 Å². The van der Waals surface area contributed by atoms with Gasteiger partial charge in [-0.25, -0.2) is 0 Å². The van der Waals surface area contributed by atoms with Crippen LogP contribution >= 0.6 is 0 Å². The van der Waals surface area contributed by atoms with Gasteiger partial charge in [0.2, 0.25) is 0 Å². The van der Waals surface area contributed by atoms with Gasteiger partial charge in [-0.2, -0.15) is 5.26 Å². The molecule has 20 heavy (non-hydrogen) atoms. The highest BCUT2D eigenvalue weighted by atomic mass is 16.3. The minimum absolute atomic E-state index is 0.289. The summed E-state index contributed by atoms with van der Waals surface area (Å²) in [6, 6.07) is 2.60. The van der Waals surface area contributed by atoms with E-state index in [4.69, 9.17) is 0 Å². The van der Waals surface area contributed by atoms with E-state index in [-0.39, 0.29) is 5.92 Å². The van der Waals surface area contributed by atoms with E-state index in [0.29, 0.717) is 11.3 Å². The Hall–Kier alpha value is -0.550. The lowest BCUT2D eigenvalue weighted by atomic mass is 9.51. The third kappa shape index (κ3) is 2.50. The first-order valence-corrected chi connectivity index (χ1v) is 8.40. The highest BCUT2D eigenvalue weighted by molar-refractivity contribution is 5.16. The van der Waals surface area contributed by atoms with Gasteiger partial charge in [-0.3, -0.25) is 0 Å². The van der Waals surface area contributed by atoms with Crippen molar-refractivity contribution in [3.05, 3.63) is 0 Å². The minimum atomic E-state index is -0.759.